The van der Waals surface area contributed by atoms with Gasteiger partial charge in [0.25, 0.3) is 0 Å². The van der Waals surface area contributed by atoms with Crippen LogP contribution in [0, 0.1) is 6.92 Å². The molecule has 1 aromatic carbocycles. The van der Waals surface area contributed by atoms with Gasteiger partial charge in [0.05, 0.1) is 12.1 Å². The lowest BCUT2D eigenvalue weighted by Gasteiger charge is -2.08. The third-order valence-corrected chi connectivity index (χ3v) is 2.52. The van der Waals surface area contributed by atoms with Gasteiger partial charge in [0, 0.05) is 17.4 Å². The minimum Gasteiger partial charge on any atom is -0.495 e. The molecule has 0 radical (unpaired) electrons. The number of rotatable bonds is 3. The van der Waals surface area contributed by atoms with Crippen molar-refractivity contribution in [2.45, 2.75) is 6.92 Å². The number of hydrogen-bond acceptors (Lipinski definition) is 4. The first-order valence-corrected chi connectivity index (χ1v) is 5.46. The largest absolute Gasteiger partial charge is 0.495 e. The van der Waals surface area contributed by atoms with E-state index in [-0.39, 0.29) is 0 Å². The fourth-order valence-corrected chi connectivity index (χ4v) is 1.67. The number of hydrogen-bond donors (Lipinski definition) is 1. The van der Waals surface area contributed by atoms with E-state index in [1.165, 1.54) is 6.33 Å². The summed E-state index contributed by atoms with van der Waals surface area (Å²) in [6, 6.07) is 7.33. The van der Waals surface area contributed by atoms with Gasteiger partial charge in [-0.1, -0.05) is 11.6 Å². The first-order chi connectivity index (χ1) is 8.19. The highest BCUT2D eigenvalue weighted by Gasteiger charge is 2.02. The second kappa shape index (κ2) is 5.01. The average Bonchev–Trinajstić information content (AvgIpc) is 2.29. The van der Waals surface area contributed by atoms with Gasteiger partial charge in [-0.15, -0.1) is 0 Å². The molecule has 0 aliphatic carbocycles. The molecule has 0 aliphatic rings. The van der Waals surface area contributed by atoms with Crippen molar-refractivity contribution in [2.75, 3.05) is 12.4 Å². The molecule has 0 unspecified atom stereocenters. The SMILES string of the molecule is COc1ccc(Nc2cc(C)ncn2)cc1Cl. The third kappa shape index (κ3) is 2.85. The summed E-state index contributed by atoms with van der Waals surface area (Å²) in [5.74, 6) is 1.38. The maximum atomic E-state index is 6.03. The minimum absolute atomic E-state index is 0.559. The van der Waals surface area contributed by atoms with Gasteiger partial charge >= 0.3 is 0 Å². The Hall–Kier alpha value is -1.81. The zero-order valence-electron chi connectivity index (χ0n) is 9.57. The number of halogens is 1. The number of anilines is 2. The van der Waals surface area contributed by atoms with Crippen molar-refractivity contribution in [1.29, 1.82) is 0 Å². The van der Waals surface area contributed by atoms with Crippen LogP contribution < -0.4 is 10.1 Å². The van der Waals surface area contributed by atoms with Gasteiger partial charge in [0.1, 0.15) is 17.9 Å². The topological polar surface area (TPSA) is 47.0 Å². The number of aryl methyl sites for hydroxylation is 1. The Labute approximate surface area is 105 Å². The Morgan fingerprint density at radius 3 is 2.71 bits per heavy atom. The molecule has 1 heterocycles. The van der Waals surface area contributed by atoms with Gasteiger partial charge in [-0.3, -0.25) is 0 Å². The molecule has 0 spiro atoms. The maximum absolute atomic E-state index is 6.03. The molecular formula is C12H12ClN3O. The van der Waals surface area contributed by atoms with Crippen LogP contribution in [0.3, 0.4) is 0 Å². The van der Waals surface area contributed by atoms with Crippen LogP contribution in [-0.2, 0) is 0 Å². The van der Waals surface area contributed by atoms with E-state index < -0.39 is 0 Å². The molecule has 0 atom stereocenters. The summed E-state index contributed by atoms with van der Waals surface area (Å²) in [6.45, 7) is 1.91. The number of nitrogens with zero attached hydrogens (tertiary/aromatic N) is 2. The first-order valence-electron chi connectivity index (χ1n) is 5.08. The van der Waals surface area contributed by atoms with Gasteiger partial charge < -0.3 is 10.1 Å². The van der Waals surface area contributed by atoms with Crippen molar-refractivity contribution in [3.63, 3.8) is 0 Å². The van der Waals surface area contributed by atoms with Crippen molar-refractivity contribution >= 4 is 23.1 Å². The summed E-state index contributed by atoms with van der Waals surface area (Å²) < 4.78 is 5.08. The van der Waals surface area contributed by atoms with E-state index >= 15 is 0 Å². The Balaban J connectivity index is 2.22. The molecule has 0 amide bonds. The number of methoxy groups -OCH3 is 1. The van der Waals surface area contributed by atoms with Crippen LogP contribution in [0.2, 0.25) is 5.02 Å². The normalized spacial score (nSPS) is 10.1. The molecule has 0 fully saturated rings. The Morgan fingerprint density at radius 1 is 1.24 bits per heavy atom. The predicted molar refractivity (Wildman–Crippen MR) is 68.1 cm³/mol. The van der Waals surface area contributed by atoms with E-state index in [4.69, 9.17) is 16.3 Å². The summed E-state index contributed by atoms with van der Waals surface area (Å²) in [4.78, 5) is 8.14. The minimum atomic E-state index is 0.559. The highest BCUT2D eigenvalue weighted by Crippen LogP contribution is 2.28. The summed E-state index contributed by atoms with van der Waals surface area (Å²) in [5.41, 5.74) is 1.76. The van der Waals surface area contributed by atoms with Crippen LogP contribution in [0.1, 0.15) is 5.69 Å². The van der Waals surface area contributed by atoms with Crippen molar-refractivity contribution in [2.24, 2.45) is 0 Å². The van der Waals surface area contributed by atoms with E-state index in [2.05, 4.69) is 15.3 Å². The Kier molecular flexibility index (Phi) is 3.44. The van der Waals surface area contributed by atoms with Gasteiger partial charge in [0.2, 0.25) is 0 Å². The van der Waals surface area contributed by atoms with Crippen LogP contribution in [0.15, 0.2) is 30.6 Å². The first kappa shape index (κ1) is 11.7. The fraction of sp³-hybridized carbons (Fsp3) is 0.167. The molecule has 4 nitrogen and oxygen atoms in total. The lowest BCUT2D eigenvalue weighted by Crippen LogP contribution is -1.95. The summed E-state index contributed by atoms with van der Waals surface area (Å²) in [5, 5.41) is 3.70. The summed E-state index contributed by atoms with van der Waals surface area (Å²) in [6.07, 6.45) is 1.52. The molecule has 1 aromatic heterocycles. The molecular weight excluding hydrogens is 238 g/mol. The Morgan fingerprint density at radius 2 is 2.06 bits per heavy atom. The summed E-state index contributed by atoms with van der Waals surface area (Å²) >= 11 is 6.03. The highest BCUT2D eigenvalue weighted by molar-refractivity contribution is 6.32. The molecule has 0 saturated heterocycles. The molecule has 5 heteroatoms. The molecule has 2 rings (SSSR count). The van der Waals surface area contributed by atoms with Crippen molar-refractivity contribution in [3.8, 4) is 5.75 Å². The zero-order chi connectivity index (χ0) is 12.3. The lowest BCUT2D eigenvalue weighted by atomic mass is 10.3. The fourth-order valence-electron chi connectivity index (χ4n) is 1.41. The third-order valence-electron chi connectivity index (χ3n) is 2.23. The van der Waals surface area contributed by atoms with Crippen LogP contribution in [0.5, 0.6) is 5.75 Å². The van der Waals surface area contributed by atoms with Gasteiger partial charge in [0.15, 0.2) is 0 Å². The predicted octanol–water partition coefficient (Wildman–Crippen LogP) is 3.19. The molecule has 0 saturated carbocycles. The van der Waals surface area contributed by atoms with E-state index in [9.17, 15) is 0 Å². The highest BCUT2D eigenvalue weighted by atomic mass is 35.5. The van der Waals surface area contributed by atoms with Crippen molar-refractivity contribution < 1.29 is 4.74 Å². The molecule has 0 aliphatic heterocycles. The van der Waals surface area contributed by atoms with E-state index in [0.29, 0.717) is 10.8 Å². The van der Waals surface area contributed by atoms with Crippen LogP contribution in [-0.4, -0.2) is 17.1 Å². The molecule has 1 N–H and O–H groups in total. The lowest BCUT2D eigenvalue weighted by molar-refractivity contribution is 0.415. The zero-order valence-corrected chi connectivity index (χ0v) is 10.3. The molecule has 88 valence electrons. The van der Waals surface area contributed by atoms with Crippen molar-refractivity contribution in [1.82, 2.24) is 9.97 Å². The van der Waals surface area contributed by atoms with Crippen molar-refractivity contribution in [3.05, 3.63) is 41.3 Å². The monoisotopic (exact) mass is 249 g/mol. The average molecular weight is 250 g/mol. The Bertz CT molecular complexity index is 531. The van der Waals surface area contributed by atoms with E-state index in [0.717, 1.165) is 17.2 Å². The van der Waals surface area contributed by atoms with E-state index in [1.54, 1.807) is 19.2 Å². The quantitative estimate of drug-likeness (QED) is 0.908. The van der Waals surface area contributed by atoms with Gasteiger partial charge in [-0.05, 0) is 25.1 Å². The molecule has 2 aromatic rings. The number of aromatic nitrogens is 2. The number of benzene rings is 1. The summed E-state index contributed by atoms with van der Waals surface area (Å²) in [7, 11) is 1.59. The van der Waals surface area contributed by atoms with Crippen LogP contribution in [0.25, 0.3) is 0 Å². The number of nitrogens with one attached hydrogen (secondary N) is 1. The second-order valence-corrected chi connectivity index (χ2v) is 3.93. The molecule has 17 heavy (non-hydrogen) atoms. The van der Waals surface area contributed by atoms with E-state index in [1.807, 2.05) is 19.1 Å². The number of ether oxygens (including phenoxy) is 1. The standard InChI is InChI=1S/C12H12ClN3O/c1-8-5-12(15-7-14-8)16-9-3-4-11(17-2)10(13)6-9/h3-7H,1-2H3,(H,14,15,16). The van der Waals surface area contributed by atoms with Gasteiger partial charge in [-0.2, -0.15) is 0 Å². The second-order valence-electron chi connectivity index (χ2n) is 3.52. The van der Waals surface area contributed by atoms with Crippen LogP contribution >= 0.6 is 11.6 Å². The molecule has 0 bridgehead atoms. The maximum Gasteiger partial charge on any atom is 0.137 e. The smallest absolute Gasteiger partial charge is 0.137 e. The van der Waals surface area contributed by atoms with Gasteiger partial charge in [-0.25, -0.2) is 9.97 Å². The van der Waals surface area contributed by atoms with Crippen LogP contribution in [0.4, 0.5) is 11.5 Å².